The van der Waals surface area contributed by atoms with Crippen LogP contribution in [0.2, 0.25) is 0 Å². The molecule has 0 spiro atoms. The molecule has 0 aliphatic heterocycles. The Morgan fingerprint density at radius 3 is 2.63 bits per heavy atom. The first-order valence-corrected chi connectivity index (χ1v) is 7.73. The second-order valence-electron chi connectivity index (χ2n) is 5.99. The van der Waals surface area contributed by atoms with Crippen LogP contribution in [0, 0.1) is 5.92 Å². The third-order valence-electron chi connectivity index (χ3n) is 4.66. The normalized spacial score (nSPS) is 23.7. The molecule has 1 aromatic carbocycles. The Labute approximate surface area is 115 Å². The molecule has 0 radical (unpaired) electrons. The van der Waals surface area contributed by atoms with Crippen molar-refractivity contribution in [2.75, 3.05) is 0 Å². The zero-order valence-corrected chi connectivity index (χ0v) is 11.5. The zero-order chi connectivity index (χ0) is 13.1. The molecule has 2 aliphatic rings. The predicted molar refractivity (Wildman–Crippen MR) is 76.8 cm³/mol. The molecule has 3 rings (SSSR count). The molecular weight excluding hydrogens is 234 g/mol. The third kappa shape index (κ3) is 2.83. The van der Waals surface area contributed by atoms with Gasteiger partial charge >= 0.3 is 0 Å². The van der Waals surface area contributed by atoms with Crippen LogP contribution in [0.25, 0.3) is 0 Å². The van der Waals surface area contributed by atoms with Gasteiger partial charge < -0.3 is 5.32 Å². The molecule has 2 aliphatic carbocycles. The number of amides is 1. The molecule has 1 N–H and O–H groups in total. The molecule has 1 saturated carbocycles. The molecule has 1 amide bonds. The SMILES string of the molecule is O=C(N[C@H]1CCCc2ccccc21)C1CCCCC1. The summed E-state index contributed by atoms with van der Waals surface area (Å²) < 4.78 is 0. The maximum Gasteiger partial charge on any atom is 0.223 e. The molecule has 102 valence electrons. The lowest BCUT2D eigenvalue weighted by Crippen LogP contribution is -2.36. The molecular formula is C17H23NO. The highest BCUT2D eigenvalue weighted by molar-refractivity contribution is 5.79. The number of carbonyl (C=O) groups excluding carboxylic acids is 1. The van der Waals surface area contributed by atoms with Crippen LogP contribution >= 0.6 is 0 Å². The molecule has 1 aromatic rings. The van der Waals surface area contributed by atoms with Gasteiger partial charge in [-0.15, -0.1) is 0 Å². The standard InChI is InChI=1S/C17H23NO/c19-17(14-8-2-1-3-9-14)18-16-12-6-10-13-7-4-5-11-15(13)16/h4-5,7,11,14,16H,1-3,6,8-10,12H2,(H,18,19)/t16-/m0/s1. The maximum absolute atomic E-state index is 12.4. The summed E-state index contributed by atoms with van der Waals surface area (Å²) in [5, 5.41) is 3.31. The van der Waals surface area contributed by atoms with Crippen molar-refractivity contribution in [3.8, 4) is 0 Å². The van der Waals surface area contributed by atoms with Crippen LogP contribution in [0.15, 0.2) is 24.3 Å². The van der Waals surface area contributed by atoms with Crippen molar-refractivity contribution in [1.29, 1.82) is 0 Å². The Hall–Kier alpha value is -1.31. The summed E-state index contributed by atoms with van der Waals surface area (Å²) in [6.45, 7) is 0. The van der Waals surface area contributed by atoms with E-state index in [2.05, 4.69) is 29.6 Å². The molecule has 1 fully saturated rings. The van der Waals surface area contributed by atoms with Crippen molar-refractivity contribution >= 4 is 5.91 Å². The van der Waals surface area contributed by atoms with Gasteiger partial charge in [0.1, 0.15) is 0 Å². The van der Waals surface area contributed by atoms with E-state index in [4.69, 9.17) is 0 Å². The summed E-state index contributed by atoms with van der Waals surface area (Å²) in [6.07, 6.45) is 9.35. The van der Waals surface area contributed by atoms with Gasteiger partial charge in [-0.25, -0.2) is 0 Å². The Balaban J connectivity index is 1.68. The number of carbonyl (C=O) groups is 1. The summed E-state index contributed by atoms with van der Waals surface area (Å²) in [6, 6.07) is 8.82. The van der Waals surface area contributed by atoms with E-state index >= 15 is 0 Å². The van der Waals surface area contributed by atoms with Crippen molar-refractivity contribution < 1.29 is 4.79 Å². The van der Waals surface area contributed by atoms with Crippen LogP contribution in [0.1, 0.15) is 62.1 Å². The molecule has 0 saturated heterocycles. The van der Waals surface area contributed by atoms with E-state index in [0.29, 0.717) is 5.91 Å². The van der Waals surface area contributed by atoms with Gasteiger partial charge in [-0.2, -0.15) is 0 Å². The van der Waals surface area contributed by atoms with Crippen LogP contribution < -0.4 is 5.32 Å². The first kappa shape index (κ1) is 12.7. The molecule has 0 unspecified atom stereocenters. The third-order valence-corrected chi connectivity index (χ3v) is 4.66. The van der Waals surface area contributed by atoms with Gasteiger partial charge in [0.2, 0.25) is 5.91 Å². The minimum Gasteiger partial charge on any atom is -0.349 e. The van der Waals surface area contributed by atoms with Crippen molar-refractivity contribution in [3.63, 3.8) is 0 Å². The minimum atomic E-state index is 0.249. The van der Waals surface area contributed by atoms with Gasteiger partial charge in [0.25, 0.3) is 0 Å². The zero-order valence-electron chi connectivity index (χ0n) is 11.5. The van der Waals surface area contributed by atoms with E-state index in [0.717, 1.165) is 25.7 Å². The summed E-state index contributed by atoms with van der Waals surface area (Å²) in [4.78, 5) is 12.4. The van der Waals surface area contributed by atoms with Gasteiger partial charge in [-0.05, 0) is 43.2 Å². The van der Waals surface area contributed by atoms with E-state index in [1.165, 1.54) is 36.8 Å². The smallest absolute Gasteiger partial charge is 0.223 e. The van der Waals surface area contributed by atoms with Crippen LogP contribution in [0.5, 0.6) is 0 Å². The number of hydrogen-bond donors (Lipinski definition) is 1. The van der Waals surface area contributed by atoms with E-state index in [1.807, 2.05) is 0 Å². The van der Waals surface area contributed by atoms with Crippen LogP contribution in [0.3, 0.4) is 0 Å². The van der Waals surface area contributed by atoms with E-state index in [-0.39, 0.29) is 12.0 Å². The molecule has 0 heterocycles. The number of rotatable bonds is 2. The number of nitrogens with one attached hydrogen (secondary N) is 1. The second kappa shape index (κ2) is 5.77. The monoisotopic (exact) mass is 257 g/mol. The van der Waals surface area contributed by atoms with Gasteiger partial charge in [-0.3, -0.25) is 4.79 Å². The fourth-order valence-electron chi connectivity index (χ4n) is 3.56. The molecule has 2 nitrogen and oxygen atoms in total. The van der Waals surface area contributed by atoms with Crippen LogP contribution in [-0.4, -0.2) is 5.91 Å². The van der Waals surface area contributed by atoms with Crippen LogP contribution in [-0.2, 0) is 11.2 Å². The van der Waals surface area contributed by atoms with E-state index in [9.17, 15) is 4.79 Å². The van der Waals surface area contributed by atoms with E-state index < -0.39 is 0 Å². The second-order valence-corrected chi connectivity index (χ2v) is 5.99. The lowest BCUT2D eigenvalue weighted by atomic mass is 9.85. The van der Waals surface area contributed by atoms with Crippen molar-refractivity contribution in [3.05, 3.63) is 35.4 Å². The van der Waals surface area contributed by atoms with Crippen molar-refractivity contribution in [1.82, 2.24) is 5.32 Å². The Morgan fingerprint density at radius 2 is 1.79 bits per heavy atom. The highest BCUT2D eigenvalue weighted by Crippen LogP contribution is 2.31. The Kier molecular flexibility index (Phi) is 3.86. The molecule has 19 heavy (non-hydrogen) atoms. The summed E-state index contributed by atoms with van der Waals surface area (Å²) >= 11 is 0. The highest BCUT2D eigenvalue weighted by Gasteiger charge is 2.26. The Bertz CT molecular complexity index is 448. The minimum absolute atomic E-state index is 0.249. The topological polar surface area (TPSA) is 29.1 Å². The summed E-state index contributed by atoms with van der Waals surface area (Å²) in [7, 11) is 0. The van der Waals surface area contributed by atoms with Gasteiger partial charge in [0, 0.05) is 5.92 Å². The van der Waals surface area contributed by atoms with Gasteiger partial charge in [0.05, 0.1) is 6.04 Å². The fraction of sp³-hybridized carbons (Fsp3) is 0.588. The quantitative estimate of drug-likeness (QED) is 0.858. The van der Waals surface area contributed by atoms with Crippen molar-refractivity contribution in [2.24, 2.45) is 5.92 Å². The lowest BCUT2D eigenvalue weighted by molar-refractivity contribution is -0.126. The van der Waals surface area contributed by atoms with Gasteiger partial charge in [-0.1, -0.05) is 43.5 Å². The first-order chi connectivity index (χ1) is 9.34. The maximum atomic E-state index is 12.4. The average molecular weight is 257 g/mol. The fourth-order valence-corrected chi connectivity index (χ4v) is 3.56. The summed E-state index contributed by atoms with van der Waals surface area (Å²) in [5.41, 5.74) is 2.76. The molecule has 2 heteroatoms. The van der Waals surface area contributed by atoms with E-state index in [1.54, 1.807) is 0 Å². The molecule has 1 atom stereocenters. The van der Waals surface area contributed by atoms with Gasteiger partial charge in [0.15, 0.2) is 0 Å². The number of aryl methyl sites for hydroxylation is 1. The lowest BCUT2D eigenvalue weighted by Gasteiger charge is -2.29. The largest absolute Gasteiger partial charge is 0.349 e. The number of hydrogen-bond acceptors (Lipinski definition) is 1. The Morgan fingerprint density at radius 1 is 1.00 bits per heavy atom. The first-order valence-electron chi connectivity index (χ1n) is 7.73. The number of benzene rings is 1. The average Bonchev–Trinajstić information content (AvgIpc) is 2.48. The number of fused-ring (bicyclic) bond motifs is 1. The van der Waals surface area contributed by atoms with Crippen LogP contribution in [0.4, 0.5) is 0 Å². The van der Waals surface area contributed by atoms with Crippen molar-refractivity contribution in [2.45, 2.75) is 57.4 Å². The molecule has 0 bridgehead atoms. The highest BCUT2D eigenvalue weighted by atomic mass is 16.1. The predicted octanol–water partition coefficient (Wildman–Crippen LogP) is 3.76. The molecule has 0 aromatic heterocycles. The summed E-state index contributed by atoms with van der Waals surface area (Å²) in [5.74, 6) is 0.559.